The van der Waals surface area contributed by atoms with E-state index in [-0.39, 0.29) is 11.9 Å². The minimum absolute atomic E-state index is 0.124. The number of nitrogens with one attached hydrogen (secondary N) is 1. The monoisotopic (exact) mass is 230 g/mol. The fourth-order valence-electron chi connectivity index (χ4n) is 1.67. The van der Waals surface area contributed by atoms with Crippen molar-refractivity contribution in [2.75, 3.05) is 0 Å². The molecule has 1 atom stereocenters. The van der Waals surface area contributed by atoms with Crippen LogP contribution in [0.1, 0.15) is 24.1 Å². The van der Waals surface area contributed by atoms with Gasteiger partial charge in [-0.1, -0.05) is 12.1 Å². The maximum Gasteiger partial charge on any atom is 0.123 e. The molecule has 88 valence electrons. The number of hydrogen-bond donors (Lipinski definition) is 1. The molecule has 0 amide bonds. The molecule has 2 aromatic rings. The molecule has 0 aliphatic heterocycles. The zero-order valence-corrected chi connectivity index (χ0v) is 9.73. The highest BCUT2D eigenvalue weighted by Gasteiger charge is 2.05. The predicted octanol–water partition coefficient (Wildman–Crippen LogP) is 3.07. The quantitative estimate of drug-likeness (QED) is 0.873. The Labute approximate surface area is 101 Å². The van der Waals surface area contributed by atoms with Gasteiger partial charge in [0.15, 0.2) is 0 Å². The van der Waals surface area contributed by atoms with Crippen molar-refractivity contribution in [3.8, 4) is 0 Å². The van der Waals surface area contributed by atoms with E-state index in [1.165, 1.54) is 11.6 Å². The fourth-order valence-corrected chi connectivity index (χ4v) is 1.67. The maximum atomic E-state index is 13.1. The molecule has 2 rings (SSSR count). The zero-order valence-electron chi connectivity index (χ0n) is 9.73. The van der Waals surface area contributed by atoms with Gasteiger partial charge in [0.05, 0.1) is 0 Å². The minimum atomic E-state index is -0.194. The summed E-state index contributed by atoms with van der Waals surface area (Å²) in [7, 11) is 0. The van der Waals surface area contributed by atoms with Crippen LogP contribution in [0.2, 0.25) is 0 Å². The first kappa shape index (κ1) is 11.7. The van der Waals surface area contributed by atoms with Crippen molar-refractivity contribution in [3.63, 3.8) is 0 Å². The zero-order chi connectivity index (χ0) is 12.1. The van der Waals surface area contributed by atoms with Crippen molar-refractivity contribution in [2.45, 2.75) is 19.5 Å². The normalized spacial score (nSPS) is 12.4. The van der Waals surface area contributed by atoms with Crippen molar-refractivity contribution in [1.82, 2.24) is 10.3 Å². The Kier molecular flexibility index (Phi) is 3.83. The van der Waals surface area contributed by atoms with Gasteiger partial charge in [0.25, 0.3) is 0 Å². The second-order valence-electron chi connectivity index (χ2n) is 4.01. The number of rotatable bonds is 4. The van der Waals surface area contributed by atoms with Crippen molar-refractivity contribution in [1.29, 1.82) is 0 Å². The molecule has 0 bridgehead atoms. The topological polar surface area (TPSA) is 24.9 Å². The van der Waals surface area contributed by atoms with Crippen LogP contribution in [0, 0.1) is 5.82 Å². The summed E-state index contributed by atoms with van der Waals surface area (Å²) < 4.78 is 13.1. The van der Waals surface area contributed by atoms with Crippen LogP contribution in [-0.2, 0) is 6.54 Å². The van der Waals surface area contributed by atoms with Crippen molar-refractivity contribution >= 4 is 0 Å². The number of pyridine rings is 1. The summed E-state index contributed by atoms with van der Waals surface area (Å²) in [5, 5.41) is 3.35. The third-order valence-corrected chi connectivity index (χ3v) is 2.71. The summed E-state index contributed by atoms with van der Waals surface area (Å²) in [6, 6.07) is 10.7. The Morgan fingerprint density at radius 1 is 1.24 bits per heavy atom. The van der Waals surface area contributed by atoms with E-state index < -0.39 is 0 Å². The lowest BCUT2D eigenvalue weighted by molar-refractivity contribution is 0.565. The molecular weight excluding hydrogens is 215 g/mol. The molecule has 0 radical (unpaired) electrons. The summed E-state index contributed by atoms with van der Waals surface area (Å²) in [4.78, 5) is 3.96. The predicted molar refractivity (Wildman–Crippen MR) is 65.9 cm³/mol. The number of halogens is 1. The van der Waals surface area contributed by atoms with E-state index in [1.807, 2.05) is 25.1 Å². The fraction of sp³-hybridized carbons (Fsp3) is 0.214. The summed E-state index contributed by atoms with van der Waals surface area (Å²) in [5.74, 6) is -0.194. The average molecular weight is 230 g/mol. The molecule has 0 aliphatic carbocycles. The molecule has 1 N–H and O–H groups in total. The van der Waals surface area contributed by atoms with Gasteiger partial charge in [-0.05, 0) is 42.3 Å². The van der Waals surface area contributed by atoms with Gasteiger partial charge in [0, 0.05) is 25.0 Å². The van der Waals surface area contributed by atoms with Gasteiger partial charge in [0.2, 0.25) is 0 Å². The largest absolute Gasteiger partial charge is 0.306 e. The Bertz CT molecular complexity index is 471. The van der Waals surface area contributed by atoms with E-state index >= 15 is 0 Å². The van der Waals surface area contributed by atoms with E-state index in [4.69, 9.17) is 0 Å². The molecule has 0 saturated carbocycles. The highest BCUT2D eigenvalue weighted by molar-refractivity contribution is 5.20. The highest BCUT2D eigenvalue weighted by Crippen LogP contribution is 2.14. The van der Waals surface area contributed by atoms with E-state index in [0.29, 0.717) is 0 Å². The molecule has 1 aromatic heterocycles. The van der Waals surface area contributed by atoms with E-state index in [1.54, 1.807) is 24.5 Å². The molecule has 2 nitrogen and oxygen atoms in total. The Morgan fingerprint density at radius 2 is 2.00 bits per heavy atom. The molecule has 0 unspecified atom stereocenters. The third kappa shape index (κ3) is 3.36. The molecule has 0 saturated heterocycles. The molecule has 0 aliphatic rings. The lowest BCUT2D eigenvalue weighted by atomic mass is 10.1. The first-order valence-electron chi connectivity index (χ1n) is 5.63. The first-order valence-corrected chi connectivity index (χ1v) is 5.63. The number of hydrogen-bond acceptors (Lipinski definition) is 2. The second kappa shape index (κ2) is 5.55. The molecule has 1 heterocycles. The molecular formula is C14H15FN2. The molecule has 17 heavy (non-hydrogen) atoms. The average Bonchev–Trinajstić information content (AvgIpc) is 2.37. The molecule has 3 heteroatoms. The Morgan fingerprint density at radius 3 is 2.71 bits per heavy atom. The van der Waals surface area contributed by atoms with Crippen LogP contribution in [0.4, 0.5) is 4.39 Å². The Hall–Kier alpha value is -1.74. The molecule has 1 aromatic carbocycles. The summed E-state index contributed by atoms with van der Waals surface area (Å²) in [6.07, 6.45) is 3.54. The van der Waals surface area contributed by atoms with Gasteiger partial charge in [0.1, 0.15) is 5.82 Å². The van der Waals surface area contributed by atoms with E-state index in [2.05, 4.69) is 10.3 Å². The van der Waals surface area contributed by atoms with Crippen molar-refractivity contribution in [2.24, 2.45) is 0 Å². The summed E-state index contributed by atoms with van der Waals surface area (Å²) >= 11 is 0. The van der Waals surface area contributed by atoms with Gasteiger partial charge in [-0.25, -0.2) is 4.39 Å². The van der Waals surface area contributed by atoms with Gasteiger partial charge >= 0.3 is 0 Å². The number of benzene rings is 1. The van der Waals surface area contributed by atoms with Crippen molar-refractivity contribution in [3.05, 3.63) is 65.7 Å². The SMILES string of the molecule is C[C@@H](NCc1ccncc1)c1cccc(F)c1. The van der Waals surface area contributed by atoms with Crippen LogP contribution in [0.5, 0.6) is 0 Å². The van der Waals surface area contributed by atoms with Gasteiger partial charge in [-0.15, -0.1) is 0 Å². The van der Waals surface area contributed by atoms with E-state index in [9.17, 15) is 4.39 Å². The van der Waals surface area contributed by atoms with Crippen LogP contribution in [-0.4, -0.2) is 4.98 Å². The van der Waals surface area contributed by atoms with Crippen LogP contribution >= 0.6 is 0 Å². The van der Waals surface area contributed by atoms with Crippen molar-refractivity contribution < 1.29 is 4.39 Å². The van der Waals surface area contributed by atoms with Crippen LogP contribution in [0.15, 0.2) is 48.8 Å². The standard InChI is InChI=1S/C14H15FN2/c1-11(13-3-2-4-14(15)9-13)17-10-12-5-7-16-8-6-12/h2-9,11,17H,10H2,1H3/t11-/m1/s1. The summed E-state index contributed by atoms with van der Waals surface area (Å²) in [5.41, 5.74) is 2.13. The molecule has 0 spiro atoms. The second-order valence-corrected chi connectivity index (χ2v) is 4.01. The van der Waals surface area contributed by atoms with Crippen LogP contribution in [0.3, 0.4) is 0 Å². The highest BCUT2D eigenvalue weighted by atomic mass is 19.1. The summed E-state index contributed by atoms with van der Waals surface area (Å²) in [6.45, 7) is 2.77. The number of aromatic nitrogens is 1. The molecule has 0 fully saturated rings. The third-order valence-electron chi connectivity index (χ3n) is 2.71. The van der Waals surface area contributed by atoms with Gasteiger partial charge in [-0.3, -0.25) is 4.98 Å². The minimum Gasteiger partial charge on any atom is -0.306 e. The Balaban J connectivity index is 1.96. The maximum absolute atomic E-state index is 13.1. The number of nitrogens with zero attached hydrogens (tertiary/aromatic N) is 1. The lowest BCUT2D eigenvalue weighted by Crippen LogP contribution is -2.18. The van der Waals surface area contributed by atoms with Gasteiger partial charge < -0.3 is 5.32 Å². The van der Waals surface area contributed by atoms with Crippen LogP contribution < -0.4 is 5.32 Å². The van der Waals surface area contributed by atoms with Gasteiger partial charge in [-0.2, -0.15) is 0 Å². The van der Waals surface area contributed by atoms with E-state index in [0.717, 1.165) is 12.1 Å². The van der Waals surface area contributed by atoms with Crippen LogP contribution in [0.25, 0.3) is 0 Å². The lowest BCUT2D eigenvalue weighted by Gasteiger charge is -2.14. The smallest absolute Gasteiger partial charge is 0.123 e. The first-order chi connectivity index (χ1) is 8.25.